The van der Waals surface area contributed by atoms with E-state index in [1.807, 2.05) is 13.8 Å². The molecule has 0 radical (unpaired) electrons. The van der Waals surface area contributed by atoms with Gasteiger partial charge in [-0.3, -0.25) is 0 Å². The lowest BCUT2D eigenvalue weighted by Gasteiger charge is -2.16. The van der Waals surface area contributed by atoms with E-state index in [0.717, 1.165) is 12.8 Å². The Hall–Kier alpha value is -1.52. The number of rotatable bonds is 10. The first-order chi connectivity index (χ1) is 9.69. The number of nitrogens with two attached hydrogens (primary N) is 1. The Morgan fingerprint density at radius 1 is 1.10 bits per heavy atom. The maximum Gasteiger partial charge on any atom is 0.244 e. The quantitative estimate of drug-likeness (QED) is 0.664. The molecule has 0 saturated heterocycles. The molecule has 0 aromatic carbocycles. The van der Waals surface area contributed by atoms with E-state index in [0.29, 0.717) is 24.1 Å². The Morgan fingerprint density at radius 2 is 1.85 bits per heavy atom. The second-order valence-electron chi connectivity index (χ2n) is 5.02. The first-order valence-electron chi connectivity index (χ1n) is 7.58. The van der Waals surface area contributed by atoms with Crippen LogP contribution in [-0.2, 0) is 0 Å². The van der Waals surface area contributed by atoms with Gasteiger partial charge in [-0.25, -0.2) is 0 Å². The molecular weight excluding hydrogens is 254 g/mol. The first kappa shape index (κ1) is 16.5. The van der Waals surface area contributed by atoms with Crippen molar-refractivity contribution in [1.82, 2.24) is 9.97 Å². The fraction of sp³-hybridized carbons (Fsp3) is 0.733. The van der Waals surface area contributed by atoms with Crippen molar-refractivity contribution in [3.63, 3.8) is 0 Å². The van der Waals surface area contributed by atoms with Gasteiger partial charge in [-0.15, -0.1) is 0 Å². The molecule has 5 nitrogen and oxygen atoms in total. The van der Waals surface area contributed by atoms with Gasteiger partial charge in [0, 0.05) is 0 Å². The molecule has 1 aromatic rings. The average Bonchev–Trinajstić information content (AvgIpc) is 2.44. The topological polar surface area (TPSA) is 70.3 Å². The van der Waals surface area contributed by atoms with Gasteiger partial charge in [-0.05, 0) is 26.2 Å². The van der Waals surface area contributed by atoms with Crippen LogP contribution in [-0.4, -0.2) is 22.7 Å². The van der Waals surface area contributed by atoms with Crippen LogP contribution >= 0.6 is 0 Å². The minimum Gasteiger partial charge on any atom is -0.476 e. The van der Waals surface area contributed by atoms with Crippen molar-refractivity contribution in [3.8, 4) is 11.8 Å². The molecule has 0 aliphatic heterocycles. The van der Waals surface area contributed by atoms with Gasteiger partial charge in [0.05, 0.1) is 12.7 Å². The third kappa shape index (κ3) is 5.63. The highest BCUT2D eigenvalue weighted by atomic mass is 16.5. The molecule has 1 aromatic heterocycles. The molecule has 2 N–H and O–H groups in total. The van der Waals surface area contributed by atoms with Crippen molar-refractivity contribution in [3.05, 3.63) is 6.33 Å². The van der Waals surface area contributed by atoms with Gasteiger partial charge in [-0.1, -0.05) is 33.1 Å². The highest BCUT2D eigenvalue weighted by molar-refractivity contribution is 5.55. The molecule has 5 heteroatoms. The van der Waals surface area contributed by atoms with Crippen molar-refractivity contribution in [2.24, 2.45) is 0 Å². The third-order valence-corrected chi connectivity index (χ3v) is 3.03. The number of unbranched alkanes of at least 4 members (excludes halogenated alkanes) is 3. The highest BCUT2D eigenvalue weighted by Gasteiger charge is 2.13. The van der Waals surface area contributed by atoms with Gasteiger partial charge in [0.15, 0.2) is 5.69 Å². The first-order valence-corrected chi connectivity index (χ1v) is 7.58. The second kappa shape index (κ2) is 9.39. The molecule has 20 heavy (non-hydrogen) atoms. The molecule has 1 atom stereocenters. The molecular formula is C15H27N3O2. The lowest BCUT2D eigenvalue weighted by Crippen LogP contribution is -2.14. The number of hydrogen-bond donors (Lipinski definition) is 1. The third-order valence-electron chi connectivity index (χ3n) is 3.03. The van der Waals surface area contributed by atoms with E-state index in [1.54, 1.807) is 0 Å². The fourth-order valence-corrected chi connectivity index (χ4v) is 1.88. The van der Waals surface area contributed by atoms with E-state index in [-0.39, 0.29) is 6.10 Å². The standard InChI is InChI=1S/C15H27N3O2/c1-4-6-7-8-9-12(3)20-15-13(16)14(17-11-18-15)19-10-5-2/h11-12H,4-10,16H2,1-3H3. The van der Waals surface area contributed by atoms with Crippen LogP contribution in [0.5, 0.6) is 11.8 Å². The van der Waals surface area contributed by atoms with Crippen molar-refractivity contribution in [2.75, 3.05) is 12.3 Å². The summed E-state index contributed by atoms with van der Waals surface area (Å²) in [6.45, 7) is 6.87. The largest absolute Gasteiger partial charge is 0.476 e. The van der Waals surface area contributed by atoms with E-state index < -0.39 is 0 Å². The molecule has 1 heterocycles. The Morgan fingerprint density at radius 3 is 2.55 bits per heavy atom. The van der Waals surface area contributed by atoms with E-state index in [2.05, 4.69) is 16.9 Å². The predicted octanol–water partition coefficient (Wildman–Crippen LogP) is 3.59. The summed E-state index contributed by atoms with van der Waals surface area (Å²) >= 11 is 0. The van der Waals surface area contributed by atoms with Crippen molar-refractivity contribution >= 4 is 5.69 Å². The summed E-state index contributed by atoms with van der Waals surface area (Å²) in [5, 5.41) is 0. The van der Waals surface area contributed by atoms with E-state index in [4.69, 9.17) is 15.2 Å². The van der Waals surface area contributed by atoms with Crippen LogP contribution in [0.4, 0.5) is 5.69 Å². The average molecular weight is 281 g/mol. The van der Waals surface area contributed by atoms with Crippen LogP contribution in [0.1, 0.15) is 59.3 Å². The van der Waals surface area contributed by atoms with Crippen LogP contribution in [0.3, 0.4) is 0 Å². The Kier molecular flexibility index (Phi) is 7.77. The van der Waals surface area contributed by atoms with Gasteiger partial charge in [0.2, 0.25) is 11.8 Å². The summed E-state index contributed by atoms with van der Waals surface area (Å²) in [5.41, 5.74) is 6.36. The Labute approximate surface area is 121 Å². The minimum atomic E-state index is 0.100. The summed E-state index contributed by atoms with van der Waals surface area (Å²) in [4.78, 5) is 8.12. The number of nitrogens with zero attached hydrogens (tertiary/aromatic N) is 2. The van der Waals surface area contributed by atoms with Gasteiger partial charge < -0.3 is 15.2 Å². The molecule has 0 bridgehead atoms. The molecule has 0 fully saturated rings. The SMILES string of the molecule is CCCCCCC(C)Oc1ncnc(OCCC)c1N. The maximum absolute atomic E-state index is 5.97. The van der Waals surface area contributed by atoms with Gasteiger partial charge in [0.1, 0.15) is 6.33 Å². The summed E-state index contributed by atoms with van der Waals surface area (Å²) in [5.74, 6) is 0.837. The smallest absolute Gasteiger partial charge is 0.244 e. The summed E-state index contributed by atoms with van der Waals surface area (Å²) < 4.78 is 11.3. The van der Waals surface area contributed by atoms with Gasteiger partial charge in [-0.2, -0.15) is 9.97 Å². The molecule has 0 aliphatic carbocycles. The second-order valence-corrected chi connectivity index (χ2v) is 5.02. The van der Waals surface area contributed by atoms with Gasteiger partial charge >= 0.3 is 0 Å². The summed E-state index contributed by atoms with van der Waals surface area (Å²) in [7, 11) is 0. The normalized spacial score (nSPS) is 12.2. The fourth-order valence-electron chi connectivity index (χ4n) is 1.88. The molecule has 0 spiro atoms. The van der Waals surface area contributed by atoms with Crippen LogP contribution in [0, 0.1) is 0 Å². The van der Waals surface area contributed by atoms with Crippen molar-refractivity contribution < 1.29 is 9.47 Å². The maximum atomic E-state index is 5.97. The predicted molar refractivity (Wildman–Crippen MR) is 81.1 cm³/mol. The van der Waals surface area contributed by atoms with Crippen LogP contribution in [0.25, 0.3) is 0 Å². The number of ether oxygens (including phenoxy) is 2. The van der Waals surface area contributed by atoms with E-state index in [1.165, 1.54) is 32.0 Å². The molecule has 0 amide bonds. The number of aromatic nitrogens is 2. The number of nitrogen functional groups attached to an aromatic ring is 1. The van der Waals surface area contributed by atoms with Crippen LogP contribution < -0.4 is 15.2 Å². The lowest BCUT2D eigenvalue weighted by molar-refractivity contribution is 0.197. The van der Waals surface area contributed by atoms with Crippen LogP contribution in [0.15, 0.2) is 6.33 Å². The molecule has 1 unspecified atom stereocenters. The highest BCUT2D eigenvalue weighted by Crippen LogP contribution is 2.28. The zero-order valence-corrected chi connectivity index (χ0v) is 12.9. The molecule has 0 saturated carbocycles. The number of anilines is 1. The van der Waals surface area contributed by atoms with Gasteiger partial charge in [0.25, 0.3) is 0 Å². The zero-order chi connectivity index (χ0) is 14.8. The summed E-state index contributed by atoms with van der Waals surface area (Å²) in [6.07, 6.45) is 8.38. The van der Waals surface area contributed by atoms with Crippen LogP contribution in [0.2, 0.25) is 0 Å². The monoisotopic (exact) mass is 281 g/mol. The van der Waals surface area contributed by atoms with Crippen molar-refractivity contribution in [1.29, 1.82) is 0 Å². The molecule has 0 aliphatic rings. The summed E-state index contributed by atoms with van der Waals surface area (Å²) in [6, 6.07) is 0. The lowest BCUT2D eigenvalue weighted by atomic mass is 10.1. The Balaban J connectivity index is 2.49. The van der Waals surface area contributed by atoms with E-state index >= 15 is 0 Å². The van der Waals surface area contributed by atoms with E-state index in [9.17, 15) is 0 Å². The minimum absolute atomic E-state index is 0.100. The van der Waals surface area contributed by atoms with Crippen molar-refractivity contribution in [2.45, 2.75) is 65.4 Å². The number of hydrogen-bond acceptors (Lipinski definition) is 5. The Bertz CT molecular complexity index is 385. The molecule has 114 valence electrons. The molecule has 1 rings (SSSR count). The zero-order valence-electron chi connectivity index (χ0n) is 12.9.